The summed E-state index contributed by atoms with van der Waals surface area (Å²) in [4.78, 5) is 24.0. The molecule has 2 N–H and O–H groups in total. The van der Waals surface area contributed by atoms with Crippen molar-refractivity contribution in [2.45, 2.75) is 24.8 Å². The molecule has 1 fully saturated rings. The highest BCUT2D eigenvalue weighted by Gasteiger charge is 2.44. The summed E-state index contributed by atoms with van der Waals surface area (Å²) >= 11 is 0. The van der Waals surface area contributed by atoms with Crippen LogP contribution in [-0.4, -0.2) is 47.1 Å². The van der Waals surface area contributed by atoms with Crippen molar-refractivity contribution in [3.63, 3.8) is 0 Å². The van der Waals surface area contributed by atoms with Crippen LogP contribution in [0, 0.1) is 5.41 Å². The third kappa shape index (κ3) is 3.36. The number of esters is 1. The van der Waals surface area contributed by atoms with Gasteiger partial charge in [-0.2, -0.15) is 0 Å². The third-order valence-corrected chi connectivity index (χ3v) is 5.30. The Morgan fingerprint density at radius 1 is 1.38 bits per heavy atom. The maximum Gasteiger partial charge on any atom is 0.329 e. The molecule has 132 valence electrons. The van der Waals surface area contributed by atoms with Gasteiger partial charge in [0.1, 0.15) is 16.7 Å². The van der Waals surface area contributed by atoms with Crippen LogP contribution in [0.3, 0.4) is 0 Å². The number of cyclic esters (lactones) is 1. The standard InChI is InChI=1S/C15H20N2O6S/c1-15(2)8-23-14(19)12(15)17-13(18)9-5-6-10(22-4)11(7-9)24(20,21)16-3/h5-7,12,16H,8H2,1-4H3,(H,17,18)/t12-/m1/s1. The molecule has 0 bridgehead atoms. The quantitative estimate of drug-likeness (QED) is 0.734. The Bertz CT molecular complexity index is 772. The molecule has 1 saturated heterocycles. The van der Waals surface area contributed by atoms with E-state index in [1.807, 2.05) is 0 Å². The Hall–Kier alpha value is -2.13. The lowest BCUT2D eigenvalue weighted by Gasteiger charge is -2.22. The number of carbonyl (C=O) groups excluding carboxylic acids is 2. The van der Waals surface area contributed by atoms with Gasteiger partial charge >= 0.3 is 5.97 Å². The van der Waals surface area contributed by atoms with Crippen molar-refractivity contribution in [2.75, 3.05) is 20.8 Å². The maximum atomic E-state index is 12.4. The van der Waals surface area contributed by atoms with Crippen molar-refractivity contribution < 1.29 is 27.5 Å². The van der Waals surface area contributed by atoms with Gasteiger partial charge in [0.05, 0.1) is 13.7 Å². The summed E-state index contributed by atoms with van der Waals surface area (Å²) in [6.45, 7) is 3.81. The average molecular weight is 356 g/mol. The van der Waals surface area contributed by atoms with Crippen molar-refractivity contribution in [3.05, 3.63) is 23.8 Å². The number of hydrogen-bond donors (Lipinski definition) is 2. The van der Waals surface area contributed by atoms with Crippen molar-refractivity contribution in [1.82, 2.24) is 10.0 Å². The minimum absolute atomic E-state index is 0.0973. The Morgan fingerprint density at radius 2 is 2.04 bits per heavy atom. The number of rotatable bonds is 5. The van der Waals surface area contributed by atoms with Crippen molar-refractivity contribution in [3.8, 4) is 5.75 Å². The second kappa shape index (κ2) is 6.40. The first kappa shape index (κ1) is 18.2. The Balaban J connectivity index is 2.34. The van der Waals surface area contributed by atoms with E-state index in [1.54, 1.807) is 13.8 Å². The molecule has 0 saturated carbocycles. The van der Waals surface area contributed by atoms with Gasteiger partial charge in [0, 0.05) is 11.0 Å². The summed E-state index contributed by atoms with van der Waals surface area (Å²) in [6.07, 6.45) is 0. The zero-order valence-corrected chi connectivity index (χ0v) is 14.7. The molecule has 0 unspecified atom stereocenters. The zero-order chi connectivity index (χ0) is 18.1. The highest BCUT2D eigenvalue weighted by Crippen LogP contribution is 2.29. The van der Waals surface area contributed by atoms with E-state index >= 15 is 0 Å². The van der Waals surface area contributed by atoms with E-state index < -0.39 is 33.4 Å². The lowest BCUT2D eigenvalue weighted by atomic mass is 9.87. The SMILES string of the molecule is CNS(=O)(=O)c1cc(C(=O)N[C@@H]2C(=O)OCC2(C)C)ccc1OC. The first-order valence-corrected chi connectivity index (χ1v) is 8.70. The van der Waals surface area contributed by atoms with Crippen molar-refractivity contribution >= 4 is 21.9 Å². The summed E-state index contributed by atoms with van der Waals surface area (Å²) in [5, 5.41) is 2.60. The molecule has 0 aliphatic carbocycles. The molecular formula is C15H20N2O6S. The Kier molecular flexibility index (Phi) is 4.86. The Labute approximate surface area is 140 Å². The van der Waals surface area contributed by atoms with Crippen molar-refractivity contribution in [2.24, 2.45) is 5.41 Å². The second-order valence-electron chi connectivity index (χ2n) is 6.08. The van der Waals surface area contributed by atoms with E-state index in [-0.39, 0.29) is 22.8 Å². The van der Waals surface area contributed by atoms with Gasteiger partial charge in [-0.15, -0.1) is 0 Å². The van der Waals surface area contributed by atoms with Crippen LogP contribution in [0.5, 0.6) is 5.75 Å². The summed E-state index contributed by atoms with van der Waals surface area (Å²) < 4.78 is 36.3. The predicted octanol–water partition coefficient (Wildman–Crippen LogP) is 0.285. The molecule has 24 heavy (non-hydrogen) atoms. The number of methoxy groups -OCH3 is 1. The van der Waals surface area contributed by atoms with Gasteiger partial charge in [-0.1, -0.05) is 13.8 Å². The van der Waals surface area contributed by atoms with E-state index in [4.69, 9.17) is 9.47 Å². The first-order chi connectivity index (χ1) is 11.1. The number of nitrogens with one attached hydrogen (secondary N) is 2. The molecule has 1 aromatic rings. The number of hydrogen-bond acceptors (Lipinski definition) is 6. The first-order valence-electron chi connectivity index (χ1n) is 7.21. The number of ether oxygens (including phenoxy) is 2. The molecule has 9 heteroatoms. The molecule has 0 aromatic heterocycles. The zero-order valence-electron chi connectivity index (χ0n) is 13.9. The summed E-state index contributed by atoms with van der Waals surface area (Å²) in [5.41, 5.74) is -0.445. The largest absolute Gasteiger partial charge is 0.495 e. The van der Waals surface area contributed by atoms with Gasteiger partial charge < -0.3 is 14.8 Å². The molecule has 1 amide bonds. The predicted molar refractivity (Wildman–Crippen MR) is 85.2 cm³/mol. The monoisotopic (exact) mass is 356 g/mol. The van der Waals surface area contributed by atoms with Crippen LogP contribution >= 0.6 is 0 Å². The van der Waals surface area contributed by atoms with E-state index in [1.165, 1.54) is 32.4 Å². The molecule has 0 spiro atoms. The van der Waals surface area contributed by atoms with Gasteiger partial charge in [0.25, 0.3) is 5.91 Å². The fourth-order valence-electron chi connectivity index (χ4n) is 2.35. The number of carbonyl (C=O) groups is 2. The topological polar surface area (TPSA) is 111 Å². The van der Waals surface area contributed by atoms with Crippen LogP contribution in [0.25, 0.3) is 0 Å². The minimum atomic E-state index is -3.80. The summed E-state index contributed by atoms with van der Waals surface area (Å²) in [5.74, 6) is -0.964. The van der Waals surface area contributed by atoms with Gasteiger partial charge in [-0.05, 0) is 25.2 Å². The summed E-state index contributed by atoms with van der Waals surface area (Å²) in [6, 6.07) is 3.22. The molecule has 2 rings (SSSR count). The van der Waals surface area contributed by atoms with Gasteiger partial charge in [-0.3, -0.25) is 4.79 Å². The molecule has 0 radical (unpaired) electrons. The molecular weight excluding hydrogens is 336 g/mol. The second-order valence-corrected chi connectivity index (χ2v) is 7.93. The van der Waals surface area contributed by atoms with Crippen LogP contribution < -0.4 is 14.8 Å². The highest BCUT2D eigenvalue weighted by molar-refractivity contribution is 7.89. The number of sulfonamides is 1. The van der Waals surface area contributed by atoms with Gasteiger partial charge in [0.15, 0.2) is 0 Å². The molecule has 1 aliphatic heterocycles. The van der Waals surface area contributed by atoms with Gasteiger partial charge in [0.2, 0.25) is 10.0 Å². The van der Waals surface area contributed by atoms with Crippen molar-refractivity contribution in [1.29, 1.82) is 0 Å². The molecule has 1 heterocycles. The molecule has 1 aliphatic rings. The fraction of sp³-hybridized carbons (Fsp3) is 0.467. The minimum Gasteiger partial charge on any atom is -0.495 e. The smallest absolute Gasteiger partial charge is 0.329 e. The third-order valence-electron chi connectivity index (χ3n) is 3.86. The fourth-order valence-corrected chi connectivity index (χ4v) is 3.27. The average Bonchev–Trinajstić information content (AvgIpc) is 2.81. The Morgan fingerprint density at radius 3 is 2.54 bits per heavy atom. The van der Waals surface area contributed by atoms with E-state index in [0.29, 0.717) is 0 Å². The van der Waals surface area contributed by atoms with Crippen LogP contribution in [-0.2, 0) is 19.6 Å². The van der Waals surface area contributed by atoms with E-state index in [9.17, 15) is 18.0 Å². The van der Waals surface area contributed by atoms with Gasteiger partial charge in [-0.25, -0.2) is 17.9 Å². The van der Waals surface area contributed by atoms with Crippen LogP contribution in [0.2, 0.25) is 0 Å². The number of amides is 1. The highest BCUT2D eigenvalue weighted by atomic mass is 32.2. The van der Waals surface area contributed by atoms with E-state index in [0.717, 1.165) is 0 Å². The molecule has 8 nitrogen and oxygen atoms in total. The van der Waals surface area contributed by atoms with Crippen LogP contribution in [0.15, 0.2) is 23.1 Å². The maximum absolute atomic E-state index is 12.4. The van der Waals surface area contributed by atoms with Crippen LogP contribution in [0.4, 0.5) is 0 Å². The normalized spacial score (nSPS) is 19.7. The van der Waals surface area contributed by atoms with Crippen LogP contribution in [0.1, 0.15) is 24.2 Å². The molecule has 1 aromatic carbocycles. The number of benzene rings is 1. The van der Waals surface area contributed by atoms with E-state index in [2.05, 4.69) is 10.0 Å². The molecule has 1 atom stereocenters. The lowest BCUT2D eigenvalue weighted by Crippen LogP contribution is -2.46. The summed E-state index contributed by atoms with van der Waals surface area (Å²) in [7, 11) is -1.21. The lowest BCUT2D eigenvalue weighted by molar-refractivity contribution is -0.139.